The standard InChI is InChI=1S/C10H8ClN5/c1-15-3-2-7(6-15)8-4-12-9-5-13-10(11)14-16(8)9/h2-6H,1H3. The molecule has 3 heterocycles. The molecule has 3 rings (SSSR count). The SMILES string of the molecule is Cn1ccc(-c2cnc3cnc(Cl)nn23)c1. The van der Waals surface area contributed by atoms with Crippen LogP contribution in [-0.2, 0) is 7.05 Å². The van der Waals surface area contributed by atoms with Crippen LogP contribution in [0.25, 0.3) is 16.9 Å². The van der Waals surface area contributed by atoms with Gasteiger partial charge in [0.15, 0.2) is 5.65 Å². The molecule has 0 atom stereocenters. The summed E-state index contributed by atoms with van der Waals surface area (Å²) < 4.78 is 3.65. The Kier molecular flexibility index (Phi) is 1.94. The van der Waals surface area contributed by atoms with E-state index in [9.17, 15) is 0 Å². The number of imidazole rings is 1. The van der Waals surface area contributed by atoms with Crippen molar-refractivity contribution in [2.24, 2.45) is 7.05 Å². The number of aromatic nitrogens is 5. The molecule has 3 aromatic heterocycles. The zero-order chi connectivity index (χ0) is 11.1. The van der Waals surface area contributed by atoms with Gasteiger partial charge in [-0.2, -0.15) is 0 Å². The summed E-state index contributed by atoms with van der Waals surface area (Å²) in [4.78, 5) is 8.10. The molecule has 0 bridgehead atoms. The van der Waals surface area contributed by atoms with Crippen molar-refractivity contribution < 1.29 is 0 Å². The Balaban J connectivity index is 2.27. The molecular formula is C10H8ClN5. The molecule has 3 aromatic rings. The van der Waals surface area contributed by atoms with Crippen molar-refractivity contribution in [1.82, 2.24) is 24.1 Å². The molecule has 0 N–H and O–H groups in total. The van der Waals surface area contributed by atoms with Gasteiger partial charge in [0, 0.05) is 25.0 Å². The van der Waals surface area contributed by atoms with E-state index in [-0.39, 0.29) is 5.28 Å². The third kappa shape index (κ3) is 1.37. The van der Waals surface area contributed by atoms with Crippen molar-refractivity contribution in [1.29, 1.82) is 0 Å². The van der Waals surface area contributed by atoms with Crippen molar-refractivity contribution in [3.8, 4) is 11.3 Å². The lowest BCUT2D eigenvalue weighted by Crippen LogP contribution is -1.95. The van der Waals surface area contributed by atoms with Gasteiger partial charge in [0.2, 0.25) is 5.28 Å². The van der Waals surface area contributed by atoms with Crippen LogP contribution in [-0.4, -0.2) is 24.1 Å². The molecule has 6 heteroatoms. The van der Waals surface area contributed by atoms with E-state index in [4.69, 9.17) is 11.6 Å². The van der Waals surface area contributed by atoms with E-state index in [1.807, 2.05) is 30.1 Å². The van der Waals surface area contributed by atoms with Crippen molar-refractivity contribution in [3.63, 3.8) is 0 Å². The second kappa shape index (κ2) is 3.31. The molecule has 80 valence electrons. The first-order chi connectivity index (χ1) is 7.74. The first kappa shape index (κ1) is 9.35. The van der Waals surface area contributed by atoms with Crippen LogP contribution in [0.2, 0.25) is 5.28 Å². The summed E-state index contributed by atoms with van der Waals surface area (Å²) in [7, 11) is 1.97. The molecule has 0 radical (unpaired) electrons. The minimum Gasteiger partial charge on any atom is -0.357 e. The van der Waals surface area contributed by atoms with Crippen molar-refractivity contribution in [2.45, 2.75) is 0 Å². The topological polar surface area (TPSA) is 48.0 Å². The second-order valence-corrected chi connectivity index (χ2v) is 3.84. The maximum absolute atomic E-state index is 5.76. The van der Waals surface area contributed by atoms with E-state index in [0.717, 1.165) is 11.3 Å². The molecule has 0 saturated heterocycles. The van der Waals surface area contributed by atoms with Crippen LogP contribution in [0, 0.1) is 0 Å². The van der Waals surface area contributed by atoms with Gasteiger partial charge >= 0.3 is 0 Å². The van der Waals surface area contributed by atoms with E-state index in [2.05, 4.69) is 15.1 Å². The number of hydrogen-bond acceptors (Lipinski definition) is 3. The number of halogens is 1. The maximum atomic E-state index is 5.76. The Bertz CT molecular complexity index is 654. The fraction of sp³-hybridized carbons (Fsp3) is 0.100. The zero-order valence-corrected chi connectivity index (χ0v) is 9.26. The smallest absolute Gasteiger partial charge is 0.241 e. The van der Waals surface area contributed by atoms with E-state index in [1.54, 1.807) is 16.9 Å². The summed E-state index contributed by atoms with van der Waals surface area (Å²) in [6.45, 7) is 0. The highest BCUT2D eigenvalue weighted by Crippen LogP contribution is 2.20. The first-order valence-corrected chi connectivity index (χ1v) is 5.10. The quantitative estimate of drug-likeness (QED) is 0.644. The van der Waals surface area contributed by atoms with E-state index < -0.39 is 0 Å². The van der Waals surface area contributed by atoms with Gasteiger partial charge in [-0.3, -0.25) is 0 Å². The zero-order valence-electron chi connectivity index (χ0n) is 8.50. The Morgan fingerprint density at radius 1 is 1.25 bits per heavy atom. The van der Waals surface area contributed by atoms with Crippen molar-refractivity contribution in [3.05, 3.63) is 36.1 Å². The molecule has 0 aliphatic rings. The van der Waals surface area contributed by atoms with Gasteiger partial charge in [0.25, 0.3) is 0 Å². The fourth-order valence-electron chi connectivity index (χ4n) is 1.62. The number of fused-ring (bicyclic) bond motifs is 1. The van der Waals surface area contributed by atoms with Crippen molar-refractivity contribution >= 4 is 17.2 Å². The molecule has 5 nitrogen and oxygen atoms in total. The largest absolute Gasteiger partial charge is 0.357 e. The highest BCUT2D eigenvalue weighted by molar-refractivity contribution is 6.28. The minimum absolute atomic E-state index is 0.211. The van der Waals surface area contributed by atoms with Crippen LogP contribution >= 0.6 is 11.6 Å². The Morgan fingerprint density at radius 3 is 2.88 bits per heavy atom. The van der Waals surface area contributed by atoms with E-state index in [0.29, 0.717) is 5.65 Å². The number of nitrogens with zero attached hydrogens (tertiary/aromatic N) is 5. The van der Waals surface area contributed by atoms with Crippen LogP contribution in [0.15, 0.2) is 30.9 Å². The van der Waals surface area contributed by atoms with Gasteiger partial charge in [0.05, 0.1) is 18.1 Å². The molecule has 0 fully saturated rings. The van der Waals surface area contributed by atoms with Gasteiger partial charge in [-0.15, -0.1) is 5.10 Å². The second-order valence-electron chi connectivity index (χ2n) is 3.51. The summed E-state index contributed by atoms with van der Waals surface area (Å²) in [6, 6.07) is 2.00. The Labute approximate surface area is 96.3 Å². The van der Waals surface area contributed by atoms with Crippen LogP contribution in [0.4, 0.5) is 0 Å². The molecule has 0 aliphatic carbocycles. The summed E-state index contributed by atoms with van der Waals surface area (Å²) in [5.41, 5.74) is 2.63. The Hall–Kier alpha value is -1.88. The molecule has 0 unspecified atom stereocenters. The van der Waals surface area contributed by atoms with Crippen LogP contribution in [0.3, 0.4) is 0 Å². The monoisotopic (exact) mass is 233 g/mol. The van der Waals surface area contributed by atoms with Gasteiger partial charge in [-0.05, 0) is 17.7 Å². The van der Waals surface area contributed by atoms with Crippen LogP contribution in [0.1, 0.15) is 0 Å². The summed E-state index contributed by atoms with van der Waals surface area (Å²) in [5.74, 6) is 0. The van der Waals surface area contributed by atoms with Gasteiger partial charge in [-0.25, -0.2) is 14.5 Å². The third-order valence-corrected chi connectivity index (χ3v) is 2.53. The highest BCUT2D eigenvalue weighted by atomic mass is 35.5. The third-order valence-electron chi connectivity index (χ3n) is 2.36. The van der Waals surface area contributed by atoms with Gasteiger partial charge in [0.1, 0.15) is 0 Å². The van der Waals surface area contributed by atoms with Crippen LogP contribution < -0.4 is 0 Å². The molecule has 16 heavy (non-hydrogen) atoms. The number of aryl methyl sites for hydroxylation is 1. The highest BCUT2D eigenvalue weighted by Gasteiger charge is 2.08. The maximum Gasteiger partial charge on any atom is 0.241 e. The molecule has 0 spiro atoms. The summed E-state index contributed by atoms with van der Waals surface area (Å²) in [5, 5.41) is 4.33. The summed E-state index contributed by atoms with van der Waals surface area (Å²) >= 11 is 5.76. The molecule has 0 saturated carbocycles. The predicted octanol–water partition coefficient (Wildman–Crippen LogP) is 1.78. The van der Waals surface area contributed by atoms with Crippen molar-refractivity contribution in [2.75, 3.05) is 0 Å². The Morgan fingerprint density at radius 2 is 2.12 bits per heavy atom. The van der Waals surface area contributed by atoms with Gasteiger partial charge < -0.3 is 4.57 Å². The number of rotatable bonds is 1. The number of hydrogen-bond donors (Lipinski definition) is 0. The fourth-order valence-corrected chi connectivity index (χ4v) is 1.75. The van der Waals surface area contributed by atoms with Gasteiger partial charge in [-0.1, -0.05) is 0 Å². The molecule has 0 aliphatic heterocycles. The normalized spacial score (nSPS) is 11.1. The minimum atomic E-state index is 0.211. The molecular weight excluding hydrogens is 226 g/mol. The average molecular weight is 234 g/mol. The molecule has 0 amide bonds. The van der Waals surface area contributed by atoms with Crippen LogP contribution in [0.5, 0.6) is 0 Å². The summed E-state index contributed by atoms with van der Waals surface area (Å²) in [6.07, 6.45) is 7.33. The lowest BCUT2D eigenvalue weighted by Gasteiger charge is -1.97. The lowest BCUT2D eigenvalue weighted by atomic mass is 10.3. The lowest BCUT2D eigenvalue weighted by molar-refractivity contribution is 0.901. The molecule has 0 aromatic carbocycles. The van der Waals surface area contributed by atoms with E-state index >= 15 is 0 Å². The first-order valence-electron chi connectivity index (χ1n) is 4.73. The van der Waals surface area contributed by atoms with E-state index in [1.165, 1.54) is 0 Å². The average Bonchev–Trinajstić information content (AvgIpc) is 2.83. The predicted molar refractivity (Wildman–Crippen MR) is 60.2 cm³/mol.